The zero-order valence-corrected chi connectivity index (χ0v) is 11.5. The maximum Gasteiger partial charge on any atom is 0.0816 e. The van der Waals surface area contributed by atoms with Gasteiger partial charge in [0.15, 0.2) is 0 Å². The first-order chi connectivity index (χ1) is 10.3. The van der Waals surface area contributed by atoms with Crippen LogP contribution < -0.4 is 10.9 Å². The molecule has 0 atom stereocenters. The van der Waals surface area contributed by atoms with Gasteiger partial charge in [0, 0.05) is 16.3 Å². The van der Waals surface area contributed by atoms with Crippen LogP contribution >= 0.6 is 0 Å². The van der Waals surface area contributed by atoms with Gasteiger partial charge >= 0.3 is 0 Å². The first-order valence-corrected chi connectivity index (χ1v) is 6.94. The molecule has 0 saturated carbocycles. The van der Waals surface area contributed by atoms with E-state index in [1.807, 2.05) is 48.5 Å². The number of fused-ring (bicyclic) bond motifs is 3. The van der Waals surface area contributed by atoms with Crippen molar-refractivity contribution in [2.75, 3.05) is 5.01 Å². The number of para-hydroxylation sites is 3. The Morgan fingerprint density at radius 2 is 1.43 bits per heavy atom. The standard InChI is InChI=1S/C18H15N3/c19-21(13-7-2-1-3-8-13)17-12-6-10-15-14-9-4-5-11-16(14)20-18(15)17/h1-12,20H,19H2. The fraction of sp³-hybridized carbons (Fsp3) is 0. The largest absolute Gasteiger partial charge is 0.353 e. The minimum atomic E-state index is 0.962. The van der Waals surface area contributed by atoms with Crippen molar-refractivity contribution in [2.45, 2.75) is 0 Å². The lowest BCUT2D eigenvalue weighted by molar-refractivity contribution is 1.09. The van der Waals surface area contributed by atoms with Crippen LogP contribution in [-0.2, 0) is 0 Å². The molecule has 0 fully saturated rings. The van der Waals surface area contributed by atoms with Gasteiger partial charge in [-0.3, -0.25) is 5.01 Å². The number of nitrogens with zero attached hydrogens (tertiary/aromatic N) is 1. The first-order valence-electron chi connectivity index (χ1n) is 6.94. The molecule has 1 heterocycles. The second kappa shape index (κ2) is 4.65. The van der Waals surface area contributed by atoms with Crippen LogP contribution in [0, 0.1) is 0 Å². The summed E-state index contributed by atoms with van der Waals surface area (Å²) in [5.41, 5.74) is 4.12. The van der Waals surface area contributed by atoms with E-state index in [-0.39, 0.29) is 0 Å². The molecule has 0 aliphatic rings. The van der Waals surface area contributed by atoms with E-state index in [0.29, 0.717) is 0 Å². The van der Waals surface area contributed by atoms with E-state index in [2.05, 4.69) is 29.2 Å². The minimum absolute atomic E-state index is 0.962. The molecule has 0 saturated heterocycles. The number of hydrazine groups is 1. The van der Waals surface area contributed by atoms with E-state index >= 15 is 0 Å². The molecule has 3 nitrogen and oxygen atoms in total. The Kier molecular flexibility index (Phi) is 2.66. The number of anilines is 2. The van der Waals surface area contributed by atoms with E-state index < -0.39 is 0 Å². The van der Waals surface area contributed by atoms with E-state index in [4.69, 9.17) is 5.84 Å². The molecule has 0 radical (unpaired) electrons. The highest BCUT2D eigenvalue weighted by Gasteiger charge is 2.12. The Balaban J connectivity index is 1.97. The maximum absolute atomic E-state index is 6.32. The van der Waals surface area contributed by atoms with Gasteiger partial charge in [0.05, 0.1) is 16.9 Å². The molecule has 0 amide bonds. The van der Waals surface area contributed by atoms with Crippen LogP contribution in [0.1, 0.15) is 0 Å². The molecule has 4 aromatic rings. The van der Waals surface area contributed by atoms with E-state index in [1.165, 1.54) is 10.8 Å². The summed E-state index contributed by atoms with van der Waals surface area (Å²) in [6, 6.07) is 24.5. The van der Waals surface area contributed by atoms with Crippen molar-refractivity contribution >= 4 is 33.2 Å². The second-order valence-corrected chi connectivity index (χ2v) is 5.08. The molecule has 102 valence electrons. The number of aromatic nitrogens is 1. The van der Waals surface area contributed by atoms with Crippen molar-refractivity contribution in [1.29, 1.82) is 0 Å². The number of nitrogens with two attached hydrogens (primary N) is 1. The Bertz CT molecular complexity index is 909. The smallest absolute Gasteiger partial charge is 0.0816 e. The summed E-state index contributed by atoms with van der Waals surface area (Å²) in [4.78, 5) is 3.48. The fourth-order valence-electron chi connectivity index (χ4n) is 2.79. The molecular formula is C18H15N3. The molecule has 0 bridgehead atoms. The minimum Gasteiger partial charge on any atom is -0.353 e. The Hall–Kier alpha value is -2.78. The summed E-state index contributed by atoms with van der Waals surface area (Å²) in [6.07, 6.45) is 0. The normalized spacial score (nSPS) is 11.1. The van der Waals surface area contributed by atoms with Gasteiger partial charge in [0.2, 0.25) is 0 Å². The van der Waals surface area contributed by atoms with Crippen LogP contribution in [0.2, 0.25) is 0 Å². The number of hydrogen-bond donors (Lipinski definition) is 2. The summed E-state index contributed by atoms with van der Waals surface area (Å²) in [6.45, 7) is 0. The van der Waals surface area contributed by atoms with Crippen molar-refractivity contribution in [3.63, 3.8) is 0 Å². The highest BCUT2D eigenvalue weighted by Crippen LogP contribution is 2.33. The van der Waals surface area contributed by atoms with Gasteiger partial charge in [0.1, 0.15) is 0 Å². The van der Waals surface area contributed by atoms with Crippen LogP contribution in [0.5, 0.6) is 0 Å². The van der Waals surface area contributed by atoms with Crippen molar-refractivity contribution in [3.8, 4) is 0 Å². The lowest BCUT2D eigenvalue weighted by Crippen LogP contribution is -2.24. The molecular weight excluding hydrogens is 258 g/mol. The monoisotopic (exact) mass is 273 g/mol. The number of aromatic amines is 1. The highest BCUT2D eigenvalue weighted by atomic mass is 15.4. The van der Waals surface area contributed by atoms with E-state index in [9.17, 15) is 0 Å². The van der Waals surface area contributed by atoms with Crippen LogP contribution in [0.15, 0.2) is 72.8 Å². The quantitative estimate of drug-likeness (QED) is 0.421. The molecule has 0 aliphatic carbocycles. The lowest BCUT2D eigenvalue weighted by Gasteiger charge is -2.19. The van der Waals surface area contributed by atoms with Gasteiger partial charge in [-0.05, 0) is 24.3 Å². The fourth-order valence-corrected chi connectivity index (χ4v) is 2.79. The summed E-state index contributed by atoms with van der Waals surface area (Å²) < 4.78 is 0. The van der Waals surface area contributed by atoms with Crippen molar-refractivity contribution < 1.29 is 0 Å². The molecule has 3 N–H and O–H groups in total. The zero-order valence-electron chi connectivity index (χ0n) is 11.5. The van der Waals surface area contributed by atoms with Crippen molar-refractivity contribution in [2.24, 2.45) is 5.84 Å². The third kappa shape index (κ3) is 1.87. The zero-order chi connectivity index (χ0) is 14.2. The van der Waals surface area contributed by atoms with E-state index in [0.717, 1.165) is 22.4 Å². The van der Waals surface area contributed by atoms with Crippen LogP contribution in [0.3, 0.4) is 0 Å². The topological polar surface area (TPSA) is 45.0 Å². The summed E-state index contributed by atoms with van der Waals surface area (Å²) in [7, 11) is 0. The summed E-state index contributed by atoms with van der Waals surface area (Å²) >= 11 is 0. The number of nitrogens with one attached hydrogen (secondary N) is 1. The lowest BCUT2D eigenvalue weighted by atomic mass is 10.1. The first kappa shape index (κ1) is 12.0. The summed E-state index contributed by atoms with van der Waals surface area (Å²) in [5, 5.41) is 4.13. The highest BCUT2D eigenvalue weighted by molar-refractivity contribution is 6.11. The average molecular weight is 273 g/mol. The van der Waals surface area contributed by atoms with Crippen LogP contribution in [0.25, 0.3) is 21.8 Å². The molecule has 1 aromatic heterocycles. The predicted octanol–water partition coefficient (Wildman–Crippen LogP) is 4.33. The third-order valence-electron chi connectivity index (χ3n) is 3.81. The molecule has 4 rings (SSSR count). The Labute approximate surface area is 122 Å². The molecule has 0 spiro atoms. The van der Waals surface area contributed by atoms with Crippen LogP contribution in [0.4, 0.5) is 11.4 Å². The molecule has 0 aliphatic heterocycles. The van der Waals surface area contributed by atoms with E-state index in [1.54, 1.807) is 5.01 Å². The SMILES string of the molecule is NN(c1ccccc1)c1cccc2c1[nH]c1ccccc12. The number of H-pyrrole nitrogens is 1. The Morgan fingerprint density at radius 3 is 2.29 bits per heavy atom. The molecule has 3 heteroatoms. The average Bonchev–Trinajstić information content (AvgIpc) is 2.94. The van der Waals surface area contributed by atoms with Crippen LogP contribution in [-0.4, -0.2) is 4.98 Å². The van der Waals surface area contributed by atoms with Gasteiger partial charge in [0.25, 0.3) is 0 Å². The molecule has 21 heavy (non-hydrogen) atoms. The summed E-state index contributed by atoms with van der Waals surface area (Å²) in [5.74, 6) is 6.32. The third-order valence-corrected chi connectivity index (χ3v) is 3.81. The Morgan fingerprint density at radius 1 is 0.714 bits per heavy atom. The maximum atomic E-state index is 6.32. The number of benzene rings is 3. The van der Waals surface area contributed by atoms with Gasteiger partial charge in [-0.15, -0.1) is 0 Å². The molecule has 0 unspecified atom stereocenters. The van der Waals surface area contributed by atoms with Crippen molar-refractivity contribution in [3.05, 3.63) is 72.8 Å². The predicted molar refractivity (Wildman–Crippen MR) is 88.6 cm³/mol. The van der Waals surface area contributed by atoms with Crippen molar-refractivity contribution in [1.82, 2.24) is 4.98 Å². The van der Waals surface area contributed by atoms with Gasteiger partial charge in [-0.1, -0.05) is 48.5 Å². The van der Waals surface area contributed by atoms with Gasteiger partial charge in [-0.25, -0.2) is 5.84 Å². The number of rotatable bonds is 2. The molecule has 3 aromatic carbocycles. The second-order valence-electron chi connectivity index (χ2n) is 5.08. The van der Waals surface area contributed by atoms with Gasteiger partial charge < -0.3 is 4.98 Å². The van der Waals surface area contributed by atoms with Gasteiger partial charge in [-0.2, -0.15) is 0 Å². The number of hydrogen-bond acceptors (Lipinski definition) is 2.